The number of aliphatic hydroxyl groups is 1. The fraction of sp³-hybridized carbons (Fsp3) is 0.714. The number of epoxide rings is 2. The summed E-state index contributed by atoms with van der Waals surface area (Å²) in [6, 6.07) is 0. The van der Waals surface area contributed by atoms with Gasteiger partial charge in [0.25, 0.3) is 0 Å². The van der Waals surface area contributed by atoms with E-state index in [-0.39, 0.29) is 24.4 Å². The molecule has 0 aromatic heterocycles. The lowest BCUT2D eigenvalue weighted by Gasteiger charge is -1.99. The summed E-state index contributed by atoms with van der Waals surface area (Å²) in [5, 5.41) is 9.42. The van der Waals surface area contributed by atoms with Crippen LogP contribution in [0.1, 0.15) is 0 Å². The Labute approximate surface area is 58.2 Å². The normalized spacial score (nSPS) is 56.9. The van der Waals surface area contributed by atoms with Crippen molar-refractivity contribution in [1.29, 1.82) is 0 Å². The molecular weight excluding hydrogens is 132 g/mol. The van der Waals surface area contributed by atoms with Gasteiger partial charge in [0.05, 0.1) is 0 Å². The maximum atomic E-state index is 9.42. The Morgan fingerprint density at radius 3 is 2.00 bits per heavy atom. The highest BCUT2D eigenvalue weighted by molar-refractivity contribution is 5.19. The second kappa shape index (κ2) is 1.44. The van der Waals surface area contributed by atoms with E-state index in [0.717, 1.165) is 0 Å². The molecule has 0 unspecified atom stereocenters. The zero-order valence-electron chi connectivity index (χ0n) is 5.31. The molecule has 2 aliphatic heterocycles. The molecule has 0 aromatic rings. The van der Waals surface area contributed by atoms with Crippen molar-refractivity contribution in [2.45, 2.75) is 30.5 Å². The van der Waals surface area contributed by atoms with Gasteiger partial charge >= 0.3 is 0 Å². The maximum Gasteiger partial charge on any atom is 0.117 e. The monoisotopic (exact) mass is 140 g/mol. The standard InChI is InChI=1S/C7H8O3/c8-5-6-3(9-6)1-2-4-7(5)10-4/h1-8H/t3-,4-,6-,7-/m1/s1. The average Bonchev–Trinajstić information content (AvgIpc) is 2.76. The summed E-state index contributed by atoms with van der Waals surface area (Å²) < 4.78 is 10.3. The quantitative estimate of drug-likeness (QED) is 0.363. The Balaban J connectivity index is 1.91. The molecule has 3 heteroatoms. The molecule has 54 valence electrons. The van der Waals surface area contributed by atoms with Gasteiger partial charge in [-0.05, 0) is 0 Å². The first-order valence-corrected chi connectivity index (χ1v) is 3.53. The SMILES string of the molecule is OC1[C@@H]2O[C@@H]2C=C[C@H]2O[C@@H]12. The summed E-state index contributed by atoms with van der Waals surface area (Å²) in [6.45, 7) is 0. The summed E-state index contributed by atoms with van der Waals surface area (Å²) in [7, 11) is 0. The van der Waals surface area contributed by atoms with Crippen molar-refractivity contribution in [1.82, 2.24) is 0 Å². The predicted octanol–water partition coefficient (Wildman–Crippen LogP) is -0.548. The highest BCUT2D eigenvalue weighted by Crippen LogP contribution is 2.40. The molecule has 1 aliphatic carbocycles. The predicted molar refractivity (Wildman–Crippen MR) is 32.5 cm³/mol. The first kappa shape index (κ1) is 5.29. The minimum absolute atomic E-state index is 0.0220. The molecule has 0 saturated carbocycles. The zero-order valence-corrected chi connectivity index (χ0v) is 5.31. The third-order valence-corrected chi connectivity index (χ3v) is 2.29. The van der Waals surface area contributed by atoms with Crippen molar-refractivity contribution in [3.05, 3.63) is 12.2 Å². The van der Waals surface area contributed by atoms with E-state index >= 15 is 0 Å². The van der Waals surface area contributed by atoms with Crippen molar-refractivity contribution in [2.75, 3.05) is 0 Å². The lowest BCUT2D eigenvalue weighted by atomic mass is 10.1. The van der Waals surface area contributed by atoms with Crippen molar-refractivity contribution >= 4 is 0 Å². The van der Waals surface area contributed by atoms with Gasteiger partial charge in [-0.2, -0.15) is 0 Å². The van der Waals surface area contributed by atoms with Crippen molar-refractivity contribution in [2.24, 2.45) is 0 Å². The number of ether oxygens (including phenoxy) is 2. The van der Waals surface area contributed by atoms with Gasteiger partial charge in [0, 0.05) is 0 Å². The molecule has 3 aliphatic rings. The van der Waals surface area contributed by atoms with Gasteiger partial charge < -0.3 is 14.6 Å². The molecular formula is C7H8O3. The summed E-state index contributed by atoms with van der Waals surface area (Å²) >= 11 is 0. The minimum Gasteiger partial charge on any atom is -0.387 e. The second-order valence-corrected chi connectivity index (χ2v) is 3.01. The van der Waals surface area contributed by atoms with Gasteiger partial charge in [0.1, 0.15) is 30.5 Å². The minimum atomic E-state index is -0.398. The Bertz CT molecular complexity index is 181. The molecule has 4 atom stereocenters. The summed E-state index contributed by atoms with van der Waals surface area (Å²) in [6.07, 6.45) is 3.95. The number of hydrogen-bond acceptors (Lipinski definition) is 3. The Hall–Kier alpha value is -0.380. The topological polar surface area (TPSA) is 45.3 Å². The third kappa shape index (κ3) is 0.551. The molecule has 2 heterocycles. The molecule has 0 bridgehead atoms. The first-order chi connectivity index (χ1) is 4.86. The molecule has 2 fully saturated rings. The van der Waals surface area contributed by atoms with Crippen molar-refractivity contribution in [3.63, 3.8) is 0 Å². The van der Waals surface area contributed by atoms with Crippen LogP contribution >= 0.6 is 0 Å². The van der Waals surface area contributed by atoms with Crippen LogP contribution < -0.4 is 0 Å². The molecule has 3 rings (SSSR count). The summed E-state index contributed by atoms with van der Waals surface area (Å²) in [5.74, 6) is 0. The van der Waals surface area contributed by atoms with Crippen LogP contribution in [0.2, 0.25) is 0 Å². The summed E-state index contributed by atoms with van der Waals surface area (Å²) in [4.78, 5) is 0. The smallest absolute Gasteiger partial charge is 0.117 e. The number of fused-ring (bicyclic) bond motifs is 2. The molecule has 1 N–H and O–H groups in total. The van der Waals surface area contributed by atoms with Crippen LogP contribution in [0, 0.1) is 0 Å². The molecule has 2 saturated heterocycles. The maximum absolute atomic E-state index is 9.42. The number of aliphatic hydroxyl groups excluding tert-OH is 1. The van der Waals surface area contributed by atoms with E-state index in [9.17, 15) is 5.11 Å². The number of hydrogen-bond donors (Lipinski definition) is 1. The van der Waals surface area contributed by atoms with E-state index in [4.69, 9.17) is 9.47 Å². The average molecular weight is 140 g/mol. The molecule has 0 amide bonds. The van der Waals surface area contributed by atoms with Crippen LogP contribution in [-0.2, 0) is 9.47 Å². The van der Waals surface area contributed by atoms with Crippen molar-refractivity contribution < 1.29 is 14.6 Å². The number of rotatable bonds is 0. The Kier molecular flexibility index (Phi) is 0.764. The van der Waals surface area contributed by atoms with Gasteiger partial charge in [-0.1, -0.05) is 12.2 Å². The van der Waals surface area contributed by atoms with Crippen LogP contribution in [0.25, 0.3) is 0 Å². The van der Waals surface area contributed by atoms with E-state index in [1.165, 1.54) is 0 Å². The third-order valence-electron chi connectivity index (χ3n) is 2.29. The first-order valence-electron chi connectivity index (χ1n) is 3.53. The van der Waals surface area contributed by atoms with E-state index < -0.39 is 6.10 Å². The van der Waals surface area contributed by atoms with Gasteiger partial charge in [-0.3, -0.25) is 0 Å². The van der Waals surface area contributed by atoms with Crippen LogP contribution in [0.3, 0.4) is 0 Å². The lowest BCUT2D eigenvalue weighted by Crippen LogP contribution is -2.23. The zero-order chi connectivity index (χ0) is 6.72. The largest absolute Gasteiger partial charge is 0.387 e. The highest BCUT2D eigenvalue weighted by Gasteiger charge is 2.56. The van der Waals surface area contributed by atoms with Crippen LogP contribution in [0.5, 0.6) is 0 Å². The van der Waals surface area contributed by atoms with Gasteiger partial charge in [-0.25, -0.2) is 0 Å². The molecule has 0 aromatic carbocycles. The van der Waals surface area contributed by atoms with Crippen LogP contribution in [0.15, 0.2) is 12.2 Å². The van der Waals surface area contributed by atoms with E-state index in [0.29, 0.717) is 0 Å². The van der Waals surface area contributed by atoms with E-state index in [2.05, 4.69) is 0 Å². The highest BCUT2D eigenvalue weighted by atomic mass is 16.6. The summed E-state index contributed by atoms with van der Waals surface area (Å²) in [5.41, 5.74) is 0. The lowest BCUT2D eigenvalue weighted by molar-refractivity contribution is 0.103. The molecule has 3 nitrogen and oxygen atoms in total. The van der Waals surface area contributed by atoms with Crippen molar-refractivity contribution in [3.8, 4) is 0 Å². The molecule has 0 spiro atoms. The van der Waals surface area contributed by atoms with Crippen LogP contribution in [-0.4, -0.2) is 35.6 Å². The van der Waals surface area contributed by atoms with E-state index in [1.807, 2.05) is 12.2 Å². The second-order valence-electron chi connectivity index (χ2n) is 3.01. The van der Waals surface area contributed by atoms with Gasteiger partial charge in [0.2, 0.25) is 0 Å². The van der Waals surface area contributed by atoms with E-state index in [1.54, 1.807) is 0 Å². The molecule has 0 radical (unpaired) electrons. The Morgan fingerprint density at radius 1 is 1.00 bits per heavy atom. The fourth-order valence-electron chi connectivity index (χ4n) is 1.54. The van der Waals surface area contributed by atoms with Crippen LogP contribution in [0.4, 0.5) is 0 Å². The molecule has 10 heavy (non-hydrogen) atoms. The van der Waals surface area contributed by atoms with Gasteiger partial charge in [-0.15, -0.1) is 0 Å². The fourth-order valence-corrected chi connectivity index (χ4v) is 1.54. The van der Waals surface area contributed by atoms with Gasteiger partial charge in [0.15, 0.2) is 0 Å². The Morgan fingerprint density at radius 2 is 1.50 bits per heavy atom.